The molecule has 0 spiro atoms. The Morgan fingerprint density at radius 1 is 1.12 bits per heavy atom. The Labute approximate surface area is 101 Å². The van der Waals surface area contributed by atoms with Crippen molar-refractivity contribution >= 4 is 10.8 Å². The molecule has 0 heterocycles. The molecule has 0 fully saturated rings. The minimum atomic E-state index is -0.197. The van der Waals surface area contributed by atoms with Crippen molar-refractivity contribution in [2.24, 2.45) is 5.73 Å². The van der Waals surface area contributed by atoms with Crippen molar-refractivity contribution in [1.29, 1.82) is 0 Å². The van der Waals surface area contributed by atoms with Gasteiger partial charge in [-0.15, -0.1) is 0 Å². The van der Waals surface area contributed by atoms with Crippen LogP contribution in [0.2, 0.25) is 0 Å². The second-order valence-electron chi connectivity index (χ2n) is 5.42. The van der Waals surface area contributed by atoms with Crippen LogP contribution in [0.15, 0.2) is 30.3 Å². The summed E-state index contributed by atoms with van der Waals surface area (Å²) in [6.45, 7) is 6.88. The summed E-state index contributed by atoms with van der Waals surface area (Å²) in [6, 6.07) is 8.97. The van der Waals surface area contributed by atoms with E-state index < -0.39 is 0 Å². The lowest BCUT2D eigenvalue weighted by Gasteiger charge is -2.25. The fraction of sp³-hybridized carbons (Fsp3) is 0.333. The van der Waals surface area contributed by atoms with Gasteiger partial charge in [-0.05, 0) is 39.4 Å². The van der Waals surface area contributed by atoms with E-state index in [0.29, 0.717) is 6.54 Å². The fourth-order valence-electron chi connectivity index (χ4n) is 2.39. The Morgan fingerprint density at radius 2 is 1.76 bits per heavy atom. The average Bonchev–Trinajstić information content (AvgIpc) is 2.25. The molecule has 0 saturated heterocycles. The van der Waals surface area contributed by atoms with E-state index in [1.807, 2.05) is 18.2 Å². The van der Waals surface area contributed by atoms with Crippen molar-refractivity contribution in [3.05, 3.63) is 47.3 Å². The number of nitrogens with two attached hydrogens (primary N) is 1. The molecule has 0 amide bonds. The second kappa shape index (κ2) is 4.11. The molecular formula is C15H18FN. The van der Waals surface area contributed by atoms with Crippen molar-refractivity contribution in [1.82, 2.24) is 0 Å². The molecule has 2 N–H and O–H groups in total. The van der Waals surface area contributed by atoms with Crippen LogP contribution in [0.4, 0.5) is 4.39 Å². The first kappa shape index (κ1) is 12.1. The fourth-order valence-corrected chi connectivity index (χ4v) is 2.39. The molecule has 1 nitrogen and oxygen atoms in total. The first-order valence-electron chi connectivity index (χ1n) is 5.85. The third kappa shape index (κ3) is 2.18. The van der Waals surface area contributed by atoms with Crippen LogP contribution in [-0.2, 0) is 12.0 Å². The van der Waals surface area contributed by atoms with E-state index in [-0.39, 0.29) is 11.2 Å². The summed E-state index contributed by atoms with van der Waals surface area (Å²) in [5.74, 6) is -0.197. The highest BCUT2D eigenvalue weighted by molar-refractivity contribution is 5.87. The van der Waals surface area contributed by atoms with Crippen LogP contribution in [0, 0.1) is 5.82 Å². The monoisotopic (exact) mass is 231 g/mol. The molecule has 2 aromatic carbocycles. The number of halogens is 1. The largest absolute Gasteiger partial charge is 0.326 e. The minimum Gasteiger partial charge on any atom is -0.326 e. The molecule has 0 aliphatic heterocycles. The lowest BCUT2D eigenvalue weighted by molar-refractivity contribution is 0.587. The van der Waals surface area contributed by atoms with Crippen LogP contribution >= 0.6 is 0 Å². The average molecular weight is 231 g/mol. The van der Waals surface area contributed by atoms with Crippen molar-refractivity contribution in [3.8, 4) is 0 Å². The number of hydrogen-bond acceptors (Lipinski definition) is 1. The van der Waals surface area contributed by atoms with Crippen molar-refractivity contribution in [3.63, 3.8) is 0 Å². The van der Waals surface area contributed by atoms with Crippen LogP contribution in [0.3, 0.4) is 0 Å². The molecule has 0 saturated carbocycles. The van der Waals surface area contributed by atoms with Crippen LogP contribution in [-0.4, -0.2) is 0 Å². The Kier molecular flexibility index (Phi) is 2.92. The molecule has 0 unspecified atom stereocenters. The quantitative estimate of drug-likeness (QED) is 0.795. The van der Waals surface area contributed by atoms with Gasteiger partial charge in [0.2, 0.25) is 0 Å². The molecule has 2 heteroatoms. The molecule has 0 atom stereocenters. The molecule has 0 bridgehead atoms. The van der Waals surface area contributed by atoms with Crippen LogP contribution < -0.4 is 5.73 Å². The lowest BCUT2D eigenvalue weighted by Crippen LogP contribution is -2.16. The molecule has 17 heavy (non-hydrogen) atoms. The molecule has 0 aromatic heterocycles. The summed E-state index contributed by atoms with van der Waals surface area (Å²) < 4.78 is 13.4. The van der Waals surface area contributed by atoms with Gasteiger partial charge in [-0.3, -0.25) is 0 Å². The predicted molar refractivity (Wildman–Crippen MR) is 70.5 cm³/mol. The minimum absolute atomic E-state index is 0.0397. The Hall–Kier alpha value is -1.41. The molecule has 90 valence electrons. The SMILES string of the molecule is CC(C)(C)c1c(CN)ccc2ccc(F)cc12. The Balaban J connectivity index is 2.87. The maximum atomic E-state index is 13.4. The summed E-state index contributed by atoms with van der Waals surface area (Å²) >= 11 is 0. The van der Waals surface area contributed by atoms with Crippen LogP contribution in [0.1, 0.15) is 31.9 Å². The second-order valence-corrected chi connectivity index (χ2v) is 5.42. The molecule has 2 aromatic rings. The summed E-state index contributed by atoms with van der Waals surface area (Å²) in [6.07, 6.45) is 0. The number of benzene rings is 2. The Morgan fingerprint density at radius 3 is 2.35 bits per heavy atom. The highest BCUT2D eigenvalue weighted by Crippen LogP contribution is 2.33. The van der Waals surface area contributed by atoms with Gasteiger partial charge >= 0.3 is 0 Å². The Bertz CT molecular complexity index is 553. The standard InChI is InChI=1S/C15H18FN/c1-15(2,3)14-11(9-17)5-4-10-6-7-12(16)8-13(10)14/h4-8H,9,17H2,1-3H3. The summed E-state index contributed by atoms with van der Waals surface area (Å²) in [7, 11) is 0. The topological polar surface area (TPSA) is 26.0 Å². The third-order valence-electron chi connectivity index (χ3n) is 3.04. The first-order valence-corrected chi connectivity index (χ1v) is 5.85. The van der Waals surface area contributed by atoms with E-state index in [1.54, 1.807) is 6.07 Å². The van der Waals surface area contributed by atoms with E-state index in [0.717, 1.165) is 21.9 Å². The third-order valence-corrected chi connectivity index (χ3v) is 3.04. The maximum Gasteiger partial charge on any atom is 0.123 e. The summed E-state index contributed by atoms with van der Waals surface area (Å²) in [5.41, 5.74) is 7.99. The van der Waals surface area contributed by atoms with E-state index in [1.165, 1.54) is 6.07 Å². The highest BCUT2D eigenvalue weighted by atomic mass is 19.1. The van der Waals surface area contributed by atoms with Crippen molar-refractivity contribution in [2.45, 2.75) is 32.7 Å². The molecule has 2 rings (SSSR count). The lowest BCUT2D eigenvalue weighted by atomic mass is 9.80. The van der Waals surface area contributed by atoms with Crippen LogP contribution in [0.5, 0.6) is 0 Å². The van der Waals surface area contributed by atoms with Gasteiger partial charge in [0.05, 0.1) is 0 Å². The maximum absolute atomic E-state index is 13.4. The smallest absolute Gasteiger partial charge is 0.123 e. The number of hydrogen-bond donors (Lipinski definition) is 1. The van der Waals surface area contributed by atoms with E-state index >= 15 is 0 Å². The predicted octanol–water partition coefficient (Wildman–Crippen LogP) is 3.74. The van der Waals surface area contributed by atoms with Gasteiger partial charge in [0.1, 0.15) is 5.82 Å². The summed E-state index contributed by atoms with van der Waals surface area (Å²) in [4.78, 5) is 0. The van der Waals surface area contributed by atoms with Gasteiger partial charge < -0.3 is 5.73 Å². The number of fused-ring (bicyclic) bond motifs is 1. The zero-order valence-electron chi connectivity index (χ0n) is 10.5. The zero-order chi connectivity index (χ0) is 12.6. The summed E-state index contributed by atoms with van der Waals surface area (Å²) in [5, 5.41) is 2.04. The normalized spacial score (nSPS) is 12.1. The van der Waals surface area contributed by atoms with Gasteiger partial charge in [-0.2, -0.15) is 0 Å². The van der Waals surface area contributed by atoms with Crippen molar-refractivity contribution in [2.75, 3.05) is 0 Å². The van der Waals surface area contributed by atoms with Crippen LogP contribution in [0.25, 0.3) is 10.8 Å². The van der Waals surface area contributed by atoms with E-state index in [2.05, 4.69) is 20.8 Å². The molecule has 0 radical (unpaired) electrons. The zero-order valence-corrected chi connectivity index (χ0v) is 10.5. The molecule has 0 aliphatic rings. The van der Waals surface area contributed by atoms with Gasteiger partial charge in [0, 0.05) is 6.54 Å². The van der Waals surface area contributed by atoms with Gasteiger partial charge in [-0.1, -0.05) is 39.0 Å². The number of rotatable bonds is 1. The first-order chi connectivity index (χ1) is 7.93. The molecular weight excluding hydrogens is 213 g/mol. The van der Waals surface area contributed by atoms with Gasteiger partial charge in [0.15, 0.2) is 0 Å². The highest BCUT2D eigenvalue weighted by Gasteiger charge is 2.20. The van der Waals surface area contributed by atoms with Gasteiger partial charge in [0.25, 0.3) is 0 Å². The van der Waals surface area contributed by atoms with E-state index in [4.69, 9.17) is 5.73 Å². The van der Waals surface area contributed by atoms with E-state index in [9.17, 15) is 4.39 Å². The van der Waals surface area contributed by atoms with Gasteiger partial charge in [-0.25, -0.2) is 4.39 Å². The van der Waals surface area contributed by atoms with Crippen molar-refractivity contribution < 1.29 is 4.39 Å². The molecule has 0 aliphatic carbocycles.